The Bertz CT molecular complexity index is 225. The second kappa shape index (κ2) is 2.63. The molecule has 0 spiro atoms. The Morgan fingerprint density at radius 2 is 1.77 bits per heavy atom. The highest BCUT2D eigenvalue weighted by Crippen LogP contribution is 2.37. The number of rotatable bonds is 1. The largest absolute Gasteiger partial charge is 0.393 e. The minimum absolute atomic E-state index is 0.435. The first-order valence-corrected chi connectivity index (χ1v) is 4.16. The molecule has 1 aliphatic carbocycles. The topological polar surface area (TPSA) is 123 Å². The fraction of sp³-hybridized carbons (Fsp3) is 1.00. The van der Waals surface area contributed by atoms with E-state index in [0.29, 0.717) is 0 Å². The average Bonchev–Trinajstić information content (AvgIpc) is 2.91. The van der Waals surface area contributed by atoms with Crippen molar-refractivity contribution in [3.63, 3.8) is 0 Å². The summed E-state index contributed by atoms with van der Waals surface area (Å²) >= 11 is 0. The maximum atomic E-state index is 9.71. The van der Waals surface area contributed by atoms with Crippen molar-refractivity contribution < 1.29 is 25.5 Å². The summed E-state index contributed by atoms with van der Waals surface area (Å²) in [6.07, 6.45) is -4.04. The van der Waals surface area contributed by atoms with Crippen LogP contribution in [0.5, 0.6) is 0 Å². The normalized spacial score (nSPS) is 60.2. The summed E-state index contributed by atoms with van der Waals surface area (Å²) in [5.41, 5.74) is -1.75. The van der Waals surface area contributed by atoms with Crippen molar-refractivity contribution in [2.75, 3.05) is 6.61 Å². The summed E-state index contributed by atoms with van der Waals surface area (Å²) in [6.45, 7) is -0.647. The van der Waals surface area contributed by atoms with Gasteiger partial charge in [-0.05, 0) is 0 Å². The minimum atomic E-state index is -1.75. The summed E-state index contributed by atoms with van der Waals surface area (Å²) in [5.74, 6) is 0. The van der Waals surface area contributed by atoms with Crippen molar-refractivity contribution in [2.24, 2.45) is 0 Å². The van der Waals surface area contributed by atoms with Crippen LogP contribution < -0.4 is 5.32 Å². The van der Waals surface area contributed by atoms with E-state index in [-0.39, 0.29) is 0 Å². The van der Waals surface area contributed by atoms with Gasteiger partial charge in [-0.2, -0.15) is 0 Å². The van der Waals surface area contributed by atoms with Gasteiger partial charge in [0, 0.05) is 0 Å². The third-order valence-corrected chi connectivity index (χ3v) is 2.97. The van der Waals surface area contributed by atoms with E-state index in [9.17, 15) is 20.4 Å². The van der Waals surface area contributed by atoms with Crippen molar-refractivity contribution in [1.82, 2.24) is 5.32 Å². The van der Waals surface area contributed by atoms with E-state index in [4.69, 9.17) is 5.11 Å². The molecule has 6 unspecified atom stereocenters. The molecule has 0 aromatic heterocycles. The van der Waals surface area contributed by atoms with Crippen LogP contribution in [0.2, 0.25) is 0 Å². The molecule has 0 amide bonds. The van der Waals surface area contributed by atoms with Gasteiger partial charge in [-0.1, -0.05) is 0 Å². The van der Waals surface area contributed by atoms with Gasteiger partial charge in [0.2, 0.25) is 0 Å². The summed E-state index contributed by atoms with van der Waals surface area (Å²) in [4.78, 5) is 0. The van der Waals surface area contributed by atoms with E-state index in [1.54, 1.807) is 0 Å². The van der Waals surface area contributed by atoms with Gasteiger partial charge in [-0.3, -0.25) is 0 Å². The zero-order valence-corrected chi connectivity index (χ0v) is 6.83. The Balaban J connectivity index is 2.23. The lowest BCUT2D eigenvalue weighted by atomic mass is 9.79. The number of fused-ring (bicyclic) bond motifs is 1. The van der Waals surface area contributed by atoms with Crippen LogP contribution in [0, 0.1) is 0 Å². The number of aliphatic hydroxyl groups excluding tert-OH is 4. The fourth-order valence-corrected chi connectivity index (χ4v) is 1.97. The number of hydrogen-bond acceptors (Lipinski definition) is 6. The van der Waals surface area contributed by atoms with E-state index < -0.39 is 42.6 Å². The van der Waals surface area contributed by atoms with Crippen molar-refractivity contribution in [2.45, 2.75) is 36.0 Å². The molecule has 1 heterocycles. The summed E-state index contributed by atoms with van der Waals surface area (Å²) < 4.78 is 0. The Hall–Kier alpha value is -0.240. The maximum absolute atomic E-state index is 9.71. The zero-order chi connectivity index (χ0) is 9.80. The van der Waals surface area contributed by atoms with Crippen molar-refractivity contribution >= 4 is 0 Å². The third-order valence-electron chi connectivity index (χ3n) is 2.97. The molecule has 0 bridgehead atoms. The van der Waals surface area contributed by atoms with Crippen LogP contribution in [-0.2, 0) is 0 Å². The van der Waals surface area contributed by atoms with Gasteiger partial charge in [0.05, 0.1) is 24.8 Å². The van der Waals surface area contributed by atoms with Gasteiger partial charge in [-0.25, -0.2) is 0 Å². The van der Waals surface area contributed by atoms with Gasteiger partial charge in [0.1, 0.15) is 17.8 Å². The quantitative estimate of drug-likeness (QED) is 0.236. The minimum Gasteiger partial charge on any atom is -0.393 e. The van der Waals surface area contributed by atoms with E-state index in [1.807, 2.05) is 0 Å². The van der Waals surface area contributed by atoms with Gasteiger partial charge in [-0.15, -0.1) is 0 Å². The van der Waals surface area contributed by atoms with E-state index >= 15 is 0 Å². The molecule has 0 aromatic carbocycles. The number of aliphatic hydroxyl groups is 5. The van der Waals surface area contributed by atoms with E-state index in [2.05, 4.69) is 5.32 Å². The molecule has 1 saturated carbocycles. The summed E-state index contributed by atoms with van der Waals surface area (Å²) in [7, 11) is 0. The molecular formula is C7H13NO5. The Morgan fingerprint density at radius 3 is 2.31 bits per heavy atom. The van der Waals surface area contributed by atoms with Crippen molar-refractivity contribution in [1.29, 1.82) is 0 Å². The predicted molar refractivity (Wildman–Crippen MR) is 40.8 cm³/mol. The van der Waals surface area contributed by atoms with Crippen molar-refractivity contribution in [3.8, 4) is 0 Å². The van der Waals surface area contributed by atoms with Crippen LogP contribution in [0.1, 0.15) is 0 Å². The van der Waals surface area contributed by atoms with E-state index in [1.165, 1.54) is 0 Å². The Labute approximate surface area is 74.4 Å². The molecule has 2 aliphatic rings. The van der Waals surface area contributed by atoms with Crippen LogP contribution in [0.15, 0.2) is 0 Å². The predicted octanol–water partition coefficient (Wildman–Crippen LogP) is -3.85. The standard InChI is InChI=1S/C7H13NO5/c9-1-7(13)5-2(8-5)3(10)4(11)6(7)12/h2-6,8-13H,1H2. The highest BCUT2D eigenvalue weighted by Gasteiger charge is 2.65. The molecule has 0 radical (unpaired) electrons. The van der Waals surface area contributed by atoms with E-state index in [0.717, 1.165) is 0 Å². The first-order chi connectivity index (χ1) is 6.02. The Kier molecular flexibility index (Phi) is 1.88. The lowest BCUT2D eigenvalue weighted by Gasteiger charge is -2.39. The summed E-state index contributed by atoms with van der Waals surface area (Å²) in [6, 6.07) is -0.971. The second-order valence-electron chi connectivity index (χ2n) is 3.75. The smallest absolute Gasteiger partial charge is 0.133 e. The molecule has 6 atom stereocenters. The Morgan fingerprint density at radius 1 is 1.15 bits per heavy atom. The molecule has 6 N–H and O–H groups in total. The molecule has 6 nitrogen and oxygen atoms in total. The molecule has 76 valence electrons. The van der Waals surface area contributed by atoms with Crippen LogP contribution in [-0.4, -0.2) is 68.1 Å². The molecule has 1 saturated heterocycles. The van der Waals surface area contributed by atoms with Crippen LogP contribution in [0.4, 0.5) is 0 Å². The van der Waals surface area contributed by atoms with Crippen molar-refractivity contribution in [3.05, 3.63) is 0 Å². The van der Waals surface area contributed by atoms with Crippen LogP contribution in [0.25, 0.3) is 0 Å². The number of hydrogen-bond donors (Lipinski definition) is 6. The lowest BCUT2D eigenvalue weighted by Crippen LogP contribution is -2.63. The molecule has 13 heavy (non-hydrogen) atoms. The first kappa shape index (κ1) is 9.32. The molecule has 6 heteroatoms. The maximum Gasteiger partial charge on any atom is 0.133 e. The SMILES string of the molecule is OCC1(O)C(O)C(O)C(O)C2NC21. The number of nitrogens with one attached hydrogen (secondary N) is 1. The lowest BCUT2D eigenvalue weighted by molar-refractivity contribution is -0.184. The zero-order valence-electron chi connectivity index (χ0n) is 6.83. The van der Waals surface area contributed by atoms with Crippen LogP contribution in [0.3, 0.4) is 0 Å². The van der Waals surface area contributed by atoms with Crippen LogP contribution >= 0.6 is 0 Å². The highest BCUT2D eigenvalue weighted by molar-refractivity contribution is 5.22. The fourth-order valence-electron chi connectivity index (χ4n) is 1.97. The van der Waals surface area contributed by atoms with Gasteiger partial charge >= 0.3 is 0 Å². The molecular weight excluding hydrogens is 178 g/mol. The monoisotopic (exact) mass is 191 g/mol. The molecule has 2 rings (SSSR count). The van der Waals surface area contributed by atoms with Gasteiger partial charge in [0.25, 0.3) is 0 Å². The van der Waals surface area contributed by atoms with Gasteiger partial charge < -0.3 is 30.8 Å². The first-order valence-electron chi connectivity index (χ1n) is 4.16. The second-order valence-corrected chi connectivity index (χ2v) is 3.75. The molecule has 0 aromatic rings. The third kappa shape index (κ3) is 1.04. The molecule has 1 aliphatic heterocycles. The summed E-state index contributed by atoms with van der Waals surface area (Å²) in [5, 5.41) is 49.3. The van der Waals surface area contributed by atoms with Gasteiger partial charge in [0.15, 0.2) is 0 Å². The molecule has 2 fully saturated rings. The highest BCUT2D eigenvalue weighted by atomic mass is 16.4. The average molecular weight is 191 g/mol.